The number of halogens is 1. The van der Waals surface area contributed by atoms with Gasteiger partial charge in [-0.25, -0.2) is 4.98 Å². The van der Waals surface area contributed by atoms with Crippen LogP contribution in [0.2, 0.25) is 5.15 Å². The van der Waals surface area contributed by atoms with Crippen molar-refractivity contribution in [1.82, 2.24) is 19.8 Å². The highest BCUT2D eigenvalue weighted by Crippen LogP contribution is 2.22. The van der Waals surface area contributed by atoms with Gasteiger partial charge in [0.2, 0.25) is 5.95 Å². The van der Waals surface area contributed by atoms with E-state index in [1.165, 1.54) is 0 Å². The fourth-order valence-corrected chi connectivity index (χ4v) is 3.53. The van der Waals surface area contributed by atoms with E-state index in [2.05, 4.69) is 24.6 Å². The number of aliphatic hydroxyl groups excluding tert-OH is 2. The van der Waals surface area contributed by atoms with Gasteiger partial charge in [0.25, 0.3) is 0 Å². The van der Waals surface area contributed by atoms with Crippen LogP contribution in [0.1, 0.15) is 0 Å². The van der Waals surface area contributed by atoms with E-state index < -0.39 is 0 Å². The molecule has 0 bridgehead atoms. The van der Waals surface area contributed by atoms with Crippen molar-refractivity contribution in [2.24, 2.45) is 0 Å². The molecule has 2 aliphatic rings. The van der Waals surface area contributed by atoms with Crippen LogP contribution in [0.15, 0.2) is 6.07 Å². The summed E-state index contributed by atoms with van der Waals surface area (Å²) in [4.78, 5) is 18.0. The second kappa shape index (κ2) is 8.95. The van der Waals surface area contributed by atoms with Crippen LogP contribution in [-0.4, -0.2) is 109 Å². The first-order valence-electron chi connectivity index (χ1n) is 8.90. The Hall–Kier alpha value is -1.19. The van der Waals surface area contributed by atoms with Gasteiger partial charge in [-0.3, -0.25) is 9.80 Å². The summed E-state index contributed by atoms with van der Waals surface area (Å²) in [5.41, 5.74) is 0. The molecule has 3 heterocycles. The number of anilines is 2. The third-order valence-electron chi connectivity index (χ3n) is 4.85. The third kappa shape index (κ3) is 4.92. The molecule has 0 aromatic carbocycles. The molecule has 0 unspecified atom stereocenters. The molecule has 1 aromatic heterocycles. The summed E-state index contributed by atoms with van der Waals surface area (Å²) < 4.78 is 0. The molecule has 25 heavy (non-hydrogen) atoms. The Balaban J connectivity index is 1.63. The molecule has 0 atom stereocenters. The summed E-state index contributed by atoms with van der Waals surface area (Å²) in [6.07, 6.45) is 0. The van der Waals surface area contributed by atoms with Crippen molar-refractivity contribution in [2.75, 3.05) is 88.5 Å². The Bertz CT molecular complexity index is 503. The van der Waals surface area contributed by atoms with Crippen molar-refractivity contribution in [2.45, 2.75) is 0 Å². The molecule has 2 saturated heterocycles. The molecule has 0 radical (unpaired) electrons. The summed E-state index contributed by atoms with van der Waals surface area (Å²) in [6, 6.07) is 1.83. The SMILES string of the molecule is OCCN1CCN(c2cc(Cl)nc(N3CCN(CCO)CC3)n2)CC1. The van der Waals surface area contributed by atoms with Gasteiger partial charge in [0.05, 0.1) is 13.2 Å². The predicted octanol–water partition coefficient (Wildman–Crippen LogP) is -0.641. The van der Waals surface area contributed by atoms with Gasteiger partial charge in [-0.05, 0) is 0 Å². The lowest BCUT2D eigenvalue weighted by Gasteiger charge is -2.36. The van der Waals surface area contributed by atoms with Crippen LogP contribution in [0.3, 0.4) is 0 Å². The van der Waals surface area contributed by atoms with Crippen LogP contribution in [0, 0.1) is 0 Å². The fourth-order valence-electron chi connectivity index (χ4n) is 3.35. The lowest BCUT2D eigenvalue weighted by atomic mass is 10.3. The van der Waals surface area contributed by atoms with Gasteiger partial charge < -0.3 is 20.0 Å². The van der Waals surface area contributed by atoms with E-state index in [0.717, 1.165) is 64.7 Å². The molecule has 2 aliphatic heterocycles. The third-order valence-corrected chi connectivity index (χ3v) is 5.05. The lowest BCUT2D eigenvalue weighted by molar-refractivity contribution is 0.188. The molecule has 140 valence electrons. The Morgan fingerprint density at radius 1 is 0.800 bits per heavy atom. The van der Waals surface area contributed by atoms with Gasteiger partial charge in [-0.2, -0.15) is 4.98 Å². The zero-order valence-electron chi connectivity index (χ0n) is 14.5. The summed E-state index contributed by atoms with van der Waals surface area (Å²) in [5.74, 6) is 1.56. The second-order valence-corrected chi connectivity index (χ2v) is 6.84. The first-order chi connectivity index (χ1) is 12.2. The molecule has 0 saturated carbocycles. The Morgan fingerprint density at radius 3 is 1.84 bits per heavy atom. The van der Waals surface area contributed by atoms with E-state index in [9.17, 15) is 0 Å². The second-order valence-electron chi connectivity index (χ2n) is 6.45. The summed E-state index contributed by atoms with van der Waals surface area (Å²) in [5, 5.41) is 18.6. The summed E-state index contributed by atoms with van der Waals surface area (Å²) >= 11 is 6.25. The lowest BCUT2D eigenvalue weighted by Crippen LogP contribution is -2.48. The minimum absolute atomic E-state index is 0.195. The van der Waals surface area contributed by atoms with E-state index in [1.54, 1.807) is 0 Å². The van der Waals surface area contributed by atoms with Crippen LogP contribution in [0.25, 0.3) is 0 Å². The average Bonchev–Trinajstić information content (AvgIpc) is 2.63. The highest BCUT2D eigenvalue weighted by molar-refractivity contribution is 6.29. The maximum atomic E-state index is 9.05. The van der Waals surface area contributed by atoms with Crippen molar-refractivity contribution in [1.29, 1.82) is 0 Å². The molecule has 9 heteroatoms. The molecule has 2 N–H and O–H groups in total. The van der Waals surface area contributed by atoms with Crippen molar-refractivity contribution in [3.8, 4) is 0 Å². The van der Waals surface area contributed by atoms with Crippen LogP contribution in [-0.2, 0) is 0 Å². The van der Waals surface area contributed by atoms with Gasteiger partial charge in [0, 0.05) is 71.5 Å². The monoisotopic (exact) mass is 370 g/mol. The first kappa shape index (κ1) is 18.6. The topological polar surface area (TPSA) is 79.2 Å². The number of hydrogen-bond donors (Lipinski definition) is 2. The fraction of sp³-hybridized carbons (Fsp3) is 0.750. The number of aromatic nitrogens is 2. The molecule has 8 nitrogen and oxygen atoms in total. The van der Waals surface area contributed by atoms with Crippen molar-refractivity contribution >= 4 is 23.4 Å². The highest BCUT2D eigenvalue weighted by Gasteiger charge is 2.22. The van der Waals surface area contributed by atoms with Gasteiger partial charge in [-0.15, -0.1) is 0 Å². The predicted molar refractivity (Wildman–Crippen MR) is 98.5 cm³/mol. The molecule has 0 aliphatic carbocycles. The Kier molecular flexibility index (Phi) is 6.66. The van der Waals surface area contributed by atoms with Crippen LogP contribution in [0.5, 0.6) is 0 Å². The number of piperazine rings is 2. The van der Waals surface area contributed by atoms with Gasteiger partial charge in [0.15, 0.2) is 0 Å². The average molecular weight is 371 g/mol. The van der Waals surface area contributed by atoms with Crippen molar-refractivity contribution in [3.63, 3.8) is 0 Å². The molecule has 0 spiro atoms. The number of aliphatic hydroxyl groups is 2. The highest BCUT2D eigenvalue weighted by atomic mass is 35.5. The quantitative estimate of drug-likeness (QED) is 0.640. The zero-order chi connectivity index (χ0) is 17.6. The van der Waals surface area contributed by atoms with Gasteiger partial charge in [0.1, 0.15) is 11.0 Å². The summed E-state index contributed by atoms with van der Waals surface area (Å²) in [6.45, 7) is 8.87. The molecular formula is C16H27ClN6O2. The van der Waals surface area contributed by atoms with Gasteiger partial charge >= 0.3 is 0 Å². The van der Waals surface area contributed by atoms with Crippen LogP contribution >= 0.6 is 11.6 Å². The largest absolute Gasteiger partial charge is 0.395 e. The number of β-amino-alcohol motifs (C(OH)–C–C–N with tert-alkyl or cyclic N) is 2. The minimum Gasteiger partial charge on any atom is -0.395 e. The maximum Gasteiger partial charge on any atom is 0.228 e. The smallest absolute Gasteiger partial charge is 0.228 e. The summed E-state index contributed by atoms with van der Waals surface area (Å²) in [7, 11) is 0. The van der Waals surface area contributed by atoms with Crippen molar-refractivity contribution in [3.05, 3.63) is 11.2 Å². The standard InChI is InChI=1S/C16H27ClN6O2/c17-14-13-15(22-5-1-20(2-6-22)9-11-24)19-16(18-14)23-7-3-21(4-8-23)10-12-25/h13,24-25H,1-12H2. The molecule has 0 amide bonds. The number of nitrogens with zero attached hydrogens (tertiary/aromatic N) is 6. The Morgan fingerprint density at radius 2 is 1.32 bits per heavy atom. The Labute approximate surface area is 153 Å². The van der Waals surface area contributed by atoms with E-state index >= 15 is 0 Å². The number of rotatable bonds is 6. The van der Waals surface area contributed by atoms with E-state index in [0.29, 0.717) is 17.6 Å². The normalized spacial score (nSPS) is 20.3. The molecule has 1 aromatic rings. The minimum atomic E-state index is 0.195. The number of hydrogen-bond acceptors (Lipinski definition) is 8. The van der Waals surface area contributed by atoms with Crippen molar-refractivity contribution < 1.29 is 10.2 Å². The van der Waals surface area contributed by atoms with Crippen LogP contribution in [0.4, 0.5) is 11.8 Å². The maximum absolute atomic E-state index is 9.05. The van der Waals surface area contributed by atoms with Gasteiger partial charge in [-0.1, -0.05) is 11.6 Å². The van der Waals surface area contributed by atoms with E-state index in [-0.39, 0.29) is 13.2 Å². The molecule has 3 rings (SSSR count). The van der Waals surface area contributed by atoms with E-state index in [1.807, 2.05) is 6.07 Å². The van der Waals surface area contributed by atoms with E-state index in [4.69, 9.17) is 26.8 Å². The molecular weight excluding hydrogens is 344 g/mol. The van der Waals surface area contributed by atoms with Crippen LogP contribution < -0.4 is 9.80 Å². The zero-order valence-corrected chi connectivity index (χ0v) is 15.3. The first-order valence-corrected chi connectivity index (χ1v) is 9.28. The molecule has 2 fully saturated rings.